The SMILES string of the molecule is CCNC(c1ccc(C)nc1)c1ncc(Br)cc1Br. The lowest BCUT2D eigenvalue weighted by molar-refractivity contribution is 0.610. The Balaban J connectivity index is 2.41. The van der Waals surface area contributed by atoms with Gasteiger partial charge in [0.25, 0.3) is 0 Å². The molecule has 0 bridgehead atoms. The Morgan fingerprint density at radius 3 is 2.58 bits per heavy atom. The summed E-state index contributed by atoms with van der Waals surface area (Å²) in [6.45, 7) is 4.93. The molecule has 2 rings (SSSR count). The van der Waals surface area contributed by atoms with Crippen LogP contribution in [0, 0.1) is 6.92 Å². The van der Waals surface area contributed by atoms with E-state index in [2.05, 4.69) is 60.1 Å². The van der Waals surface area contributed by atoms with E-state index in [1.165, 1.54) is 0 Å². The first-order valence-electron chi connectivity index (χ1n) is 6.08. The normalized spacial score (nSPS) is 12.4. The number of rotatable bonds is 4. The van der Waals surface area contributed by atoms with Gasteiger partial charge in [0.15, 0.2) is 0 Å². The van der Waals surface area contributed by atoms with Gasteiger partial charge >= 0.3 is 0 Å². The molecule has 19 heavy (non-hydrogen) atoms. The molecule has 2 aromatic heterocycles. The minimum Gasteiger partial charge on any atom is -0.305 e. The predicted octanol–water partition coefficient (Wildman–Crippen LogP) is 4.01. The Hall–Kier alpha value is -0.780. The molecule has 1 atom stereocenters. The van der Waals surface area contributed by atoms with Crippen molar-refractivity contribution in [2.24, 2.45) is 0 Å². The average molecular weight is 385 g/mol. The summed E-state index contributed by atoms with van der Waals surface area (Å²) < 4.78 is 1.94. The van der Waals surface area contributed by atoms with Gasteiger partial charge in [0.05, 0.1) is 11.7 Å². The van der Waals surface area contributed by atoms with Crippen LogP contribution >= 0.6 is 31.9 Å². The van der Waals surface area contributed by atoms with E-state index in [1.54, 1.807) is 0 Å². The van der Waals surface area contributed by atoms with Gasteiger partial charge in [-0.1, -0.05) is 13.0 Å². The molecule has 0 aliphatic heterocycles. The molecule has 1 unspecified atom stereocenters. The maximum absolute atomic E-state index is 4.51. The van der Waals surface area contributed by atoms with Crippen LogP contribution in [0.15, 0.2) is 39.5 Å². The van der Waals surface area contributed by atoms with Gasteiger partial charge in [0.2, 0.25) is 0 Å². The Labute approximate surface area is 130 Å². The van der Waals surface area contributed by atoms with Crippen LogP contribution in [-0.4, -0.2) is 16.5 Å². The number of hydrogen-bond acceptors (Lipinski definition) is 3. The molecule has 0 saturated carbocycles. The lowest BCUT2D eigenvalue weighted by Crippen LogP contribution is -2.23. The van der Waals surface area contributed by atoms with Crippen LogP contribution < -0.4 is 5.32 Å². The molecular formula is C14H15Br2N3. The van der Waals surface area contributed by atoms with E-state index in [4.69, 9.17) is 0 Å². The van der Waals surface area contributed by atoms with E-state index in [0.29, 0.717) is 0 Å². The Morgan fingerprint density at radius 1 is 1.21 bits per heavy atom. The van der Waals surface area contributed by atoms with Crippen molar-refractivity contribution in [1.82, 2.24) is 15.3 Å². The molecule has 1 N–H and O–H groups in total. The van der Waals surface area contributed by atoms with E-state index in [0.717, 1.165) is 32.4 Å². The molecule has 3 nitrogen and oxygen atoms in total. The van der Waals surface area contributed by atoms with Crippen LogP contribution in [0.3, 0.4) is 0 Å². The van der Waals surface area contributed by atoms with E-state index in [-0.39, 0.29) is 6.04 Å². The second kappa shape index (κ2) is 6.59. The van der Waals surface area contributed by atoms with Crippen molar-refractivity contribution < 1.29 is 0 Å². The summed E-state index contributed by atoms with van der Waals surface area (Å²) in [5.41, 5.74) is 3.10. The van der Waals surface area contributed by atoms with Crippen LogP contribution in [0.4, 0.5) is 0 Å². The third kappa shape index (κ3) is 3.61. The quantitative estimate of drug-likeness (QED) is 0.865. The number of pyridine rings is 2. The summed E-state index contributed by atoms with van der Waals surface area (Å²) in [6.07, 6.45) is 3.71. The Morgan fingerprint density at radius 2 is 2.00 bits per heavy atom. The molecule has 0 aromatic carbocycles. The number of halogens is 2. The number of nitrogens with one attached hydrogen (secondary N) is 1. The topological polar surface area (TPSA) is 37.8 Å². The molecular weight excluding hydrogens is 370 g/mol. The largest absolute Gasteiger partial charge is 0.305 e. The van der Waals surface area contributed by atoms with E-state index in [9.17, 15) is 0 Å². The van der Waals surface area contributed by atoms with E-state index < -0.39 is 0 Å². The lowest BCUT2D eigenvalue weighted by atomic mass is 10.0. The summed E-state index contributed by atoms with van der Waals surface area (Å²) in [5, 5.41) is 3.45. The van der Waals surface area contributed by atoms with Crippen molar-refractivity contribution >= 4 is 31.9 Å². The highest BCUT2D eigenvalue weighted by Crippen LogP contribution is 2.28. The Bertz CT molecular complexity index is 555. The van der Waals surface area contributed by atoms with Crippen molar-refractivity contribution in [3.8, 4) is 0 Å². The van der Waals surface area contributed by atoms with Crippen molar-refractivity contribution in [3.63, 3.8) is 0 Å². The average Bonchev–Trinajstić information content (AvgIpc) is 2.38. The second-order valence-corrected chi connectivity index (χ2v) is 6.01. The molecule has 0 fully saturated rings. The molecule has 2 aromatic rings. The molecule has 0 saturated heterocycles. The molecule has 2 heterocycles. The van der Waals surface area contributed by atoms with Crippen LogP contribution in [0.1, 0.15) is 29.9 Å². The molecule has 0 aliphatic rings. The van der Waals surface area contributed by atoms with Gasteiger partial charge in [-0.05, 0) is 63.0 Å². The zero-order valence-corrected chi connectivity index (χ0v) is 14.0. The zero-order valence-electron chi connectivity index (χ0n) is 10.8. The fourth-order valence-electron chi connectivity index (χ4n) is 1.86. The zero-order chi connectivity index (χ0) is 13.8. The van der Waals surface area contributed by atoms with Gasteiger partial charge in [-0.3, -0.25) is 9.97 Å². The van der Waals surface area contributed by atoms with Gasteiger partial charge in [-0.2, -0.15) is 0 Å². The number of nitrogens with zero attached hydrogens (tertiary/aromatic N) is 2. The van der Waals surface area contributed by atoms with Crippen LogP contribution in [0.5, 0.6) is 0 Å². The maximum atomic E-state index is 4.51. The molecule has 0 radical (unpaired) electrons. The van der Waals surface area contributed by atoms with Crippen molar-refractivity contribution in [2.45, 2.75) is 19.9 Å². The molecule has 0 aliphatic carbocycles. The lowest BCUT2D eigenvalue weighted by Gasteiger charge is -2.19. The third-order valence-electron chi connectivity index (χ3n) is 2.79. The second-order valence-electron chi connectivity index (χ2n) is 4.24. The number of aromatic nitrogens is 2. The summed E-state index contributed by atoms with van der Waals surface area (Å²) in [5.74, 6) is 0. The number of aryl methyl sites for hydroxylation is 1. The molecule has 100 valence electrons. The standard InChI is InChI=1S/C14H15Br2N3/c1-3-17-13(10-5-4-9(2)18-7-10)14-12(16)6-11(15)8-19-14/h4-8,13,17H,3H2,1-2H3. The minimum atomic E-state index is 0.0422. The van der Waals surface area contributed by atoms with E-state index in [1.807, 2.05) is 31.5 Å². The summed E-state index contributed by atoms with van der Waals surface area (Å²) in [7, 11) is 0. The Kier molecular flexibility index (Phi) is 5.07. The first-order chi connectivity index (χ1) is 9.11. The van der Waals surface area contributed by atoms with Gasteiger partial charge in [-0.15, -0.1) is 0 Å². The summed E-state index contributed by atoms with van der Waals surface area (Å²) in [6, 6.07) is 6.16. The highest BCUT2D eigenvalue weighted by molar-refractivity contribution is 9.11. The predicted molar refractivity (Wildman–Crippen MR) is 84.1 cm³/mol. The minimum absolute atomic E-state index is 0.0422. The van der Waals surface area contributed by atoms with Gasteiger partial charge in [0, 0.05) is 27.0 Å². The van der Waals surface area contributed by atoms with Crippen molar-refractivity contribution in [1.29, 1.82) is 0 Å². The molecule has 0 spiro atoms. The molecule has 5 heteroatoms. The molecule has 0 amide bonds. The fraction of sp³-hybridized carbons (Fsp3) is 0.286. The van der Waals surface area contributed by atoms with Crippen LogP contribution in [0.25, 0.3) is 0 Å². The first-order valence-corrected chi connectivity index (χ1v) is 7.67. The van der Waals surface area contributed by atoms with Gasteiger partial charge in [0.1, 0.15) is 0 Å². The summed E-state index contributed by atoms with van der Waals surface area (Å²) in [4.78, 5) is 8.87. The van der Waals surface area contributed by atoms with Gasteiger partial charge < -0.3 is 5.32 Å². The van der Waals surface area contributed by atoms with Gasteiger partial charge in [-0.25, -0.2) is 0 Å². The van der Waals surface area contributed by atoms with Crippen LogP contribution in [-0.2, 0) is 0 Å². The highest BCUT2D eigenvalue weighted by atomic mass is 79.9. The monoisotopic (exact) mass is 383 g/mol. The van der Waals surface area contributed by atoms with E-state index >= 15 is 0 Å². The third-order valence-corrected chi connectivity index (χ3v) is 3.85. The van der Waals surface area contributed by atoms with Crippen molar-refractivity contribution in [3.05, 3.63) is 56.5 Å². The maximum Gasteiger partial charge on any atom is 0.0777 e. The first kappa shape index (κ1) is 14.6. The summed E-state index contributed by atoms with van der Waals surface area (Å²) >= 11 is 7.00. The highest BCUT2D eigenvalue weighted by Gasteiger charge is 2.17. The fourth-order valence-corrected chi connectivity index (χ4v) is 3.08. The van der Waals surface area contributed by atoms with Crippen LogP contribution in [0.2, 0.25) is 0 Å². The number of hydrogen-bond donors (Lipinski definition) is 1. The smallest absolute Gasteiger partial charge is 0.0777 e. The van der Waals surface area contributed by atoms with Crippen molar-refractivity contribution in [2.75, 3.05) is 6.54 Å².